The minimum absolute atomic E-state index is 0.117. The first-order chi connectivity index (χ1) is 8.67. The molecule has 0 amide bonds. The van der Waals surface area contributed by atoms with Crippen LogP contribution in [-0.2, 0) is 16.4 Å². The van der Waals surface area contributed by atoms with Crippen LogP contribution in [0.15, 0.2) is 40.9 Å². The Bertz CT molecular complexity index is 650. The van der Waals surface area contributed by atoms with Gasteiger partial charge in [0, 0.05) is 23.7 Å². The highest BCUT2D eigenvalue weighted by atomic mass is 32.2. The Morgan fingerprint density at radius 3 is 3.00 bits per heavy atom. The van der Waals surface area contributed by atoms with Gasteiger partial charge < -0.3 is 5.32 Å². The second kappa shape index (κ2) is 4.46. The van der Waals surface area contributed by atoms with Crippen LogP contribution in [0.2, 0.25) is 0 Å². The van der Waals surface area contributed by atoms with Crippen molar-refractivity contribution in [3.63, 3.8) is 0 Å². The molecule has 1 unspecified atom stereocenters. The minimum Gasteiger partial charge on any atom is -0.304 e. The minimum atomic E-state index is -3.12. The number of thiazole rings is 1. The molecule has 0 spiro atoms. The van der Waals surface area contributed by atoms with Crippen molar-refractivity contribution in [2.75, 3.05) is 5.75 Å². The van der Waals surface area contributed by atoms with Gasteiger partial charge in [-0.05, 0) is 11.6 Å². The van der Waals surface area contributed by atoms with E-state index in [1.807, 2.05) is 12.1 Å². The Morgan fingerprint density at radius 2 is 2.22 bits per heavy atom. The molecule has 1 N–H and O–H groups in total. The van der Waals surface area contributed by atoms with Crippen LogP contribution in [0.5, 0.6) is 0 Å². The smallest absolute Gasteiger partial charge is 0.180 e. The van der Waals surface area contributed by atoms with E-state index < -0.39 is 9.84 Å². The summed E-state index contributed by atoms with van der Waals surface area (Å²) in [5.41, 5.74) is 2.65. The number of fused-ring (bicyclic) bond motifs is 1. The highest BCUT2D eigenvalue weighted by Gasteiger charge is 2.33. The topological polar surface area (TPSA) is 59.1 Å². The Kier molecular flexibility index (Phi) is 2.93. The molecule has 0 fully saturated rings. The Balaban J connectivity index is 1.83. The van der Waals surface area contributed by atoms with Gasteiger partial charge in [-0.25, -0.2) is 8.42 Å². The van der Waals surface area contributed by atoms with Crippen molar-refractivity contribution in [2.24, 2.45) is 0 Å². The van der Waals surface area contributed by atoms with Crippen molar-refractivity contribution in [1.29, 1.82) is 0 Å². The molecule has 1 aromatic carbocycles. The van der Waals surface area contributed by atoms with Crippen molar-refractivity contribution in [3.8, 4) is 0 Å². The van der Waals surface area contributed by atoms with E-state index in [1.165, 1.54) is 0 Å². The number of hydrogen-bond acceptors (Lipinski definition) is 5. The molecule has 94 valence electrons. The molecule has 18 heavy (non-hydrogen) atoms. The molecular weight excluding hydrogens is 268 g/mol. The van der Waals surface area contributed by atoms with E-state index in [0.717, 1.165) is 10.4 Å². The number of nitrogens with zero attached hydrogens (tertiary/aromatic N) is 1. The normalized spacial score (nSPS) is 20.8. The highest BCUT2D eigenvalue weighted by Crippen LogP contribution is 2.33. The lowest BCUT2D eigenvalue weighted by Gasteiger charge is -2.11. The number of benzene rings is 1. The van der Waals surface area contributed by atoms with E-state index >= 15 is 0 Å². The van der Waals surface area contributed by atoms with Crippen molar-refractivity contribution in [3.05, 3.63) is 46.4 Å². The SMILES string of the molecule is O=S1(=O)CC(NCc2cncs2)c2ccccc21. The quantitative estimate of drug-likeness (QED) is 0.930. The summed E-state index contributed by atoms with van der Waals surface area (Å²) in [6.45, 7) is 0.652. The molecular formula is C12H12N2O2S2. The van der Waals surface area contributed by atoms with Gasteiger partial charge in [-0.3, -0.25) is 4.98 Å². The second-order valence-corrected chi connectivity index (χ2v) is 7.19. The molecule has 0 saturated carbocycles. The van der Waals surface area contributed by atoms with Crippen LogP contribution in [0.4, 0.5) is 0 Å². The fourth-order valence-corrected chi connectivity index (χ4v) is 4.49. The molecule has 2 aromatic rings. The molecule has 0 aliphatic carbocycles. The molecule has 1 atom stereocenters. The average molecular weight is 280 g/mol. The highest BCUT2D eigenvalue weighted by molar-refractivity contribution is 7.91. The zero-order valence-electron chi connectivity index (χ0n) is 9.54. The molecule has 6 heteroatoms. The summed E-state index contributed by atoms with van der Waals surface area (Å²) < 4.78 is 24.0. The fraction of sp³-hybridized carbons (Fsp3) is 0.250. The molecule has 0 radical (unpaired) electrons. The predicted molar refractivity (Wildman–Crippen MR) is 70.2 cm³/mol. The lowest BCUT2D eigenvalue weighted by Crippen LogP contribution is -2.21. The maximum Gasteiger partial charge on any atom is 0.180 e. The number of nitrogens with one attached hydrogen (secondary N) is 1. The maximum absolute atomic E-state index is 12.0. The largest absolute Gasteiger partial charge is 0.304 e. The van der Waals surface area contributed by atoms with E-state index in [4.69, 9.17) is 0 Å². The van der Waals surface area contributed by atoms with Crippen molar-refractivity contribution < 1.29 is 8.42 Å². The maximum atomic E-state index is 12.0. The molecule has 2 heterocycles. The molecule has 0 bridgehead atoms. The summed E-state index contributed by atoms with van der Waals surface area (Å²) in [6, 6.07) is 7.08. The average Bonchev–Trinajstić information content (AvgIpc) is 2.95. The van der Waals surface area contributed by atoms with Gasteiger partial charge in [0.15, 0.2) is 9.84 Å². The van der Waals surface area contributed by atoms with Gasteiger partial charge in [-0.1, -0.05) is 18.2 Å². The molecule has 4 nitrogen and oxygen atoms in total. The number of sulfone groups is 1. The fourth-order valence-electron chi connectivity index (χ4n) is 2.17. The van der Waals surface area contributed by atoms with Crippen molar-refractivity contribution in [1.82, 2.24) is 10.3 Å². The zero-order valence-corrected chi connectivity index (χ0v) is 11.2. The van der Waals surface area contributed by atoms with Crippen LogP contribution < -0.4 is 5.32 Å². The summed E-state index contributed by atoms with van der Waals surface area (Å²) in [5, 5.41) is 3.29. The van der Waals surface area contributed by atoms with Crippen molar-refractivity contribution >= 4 is 21.2 Å². The van der Waals surface area contributed by atoms with Crippen LogP contribution >= 0.6 is 11.3 Å². The third kappa shape index (κ3) is 2.07. The van der Waals surface area contributed by atoms with Crippen LogP contribution in [0.3, 0.4) is 0 Å². The molecule has 0 saturated heterocycles. The van der Waals surface area contributed by atoms with Gasteiger partial charge in [0.25, 0.3) is 0 Å². The molecule has 1 aliphatic rings. The summed E-state index contributed by atoms with van der Waals surface area (Å²) >= 11 is 1.56. The van der Waals surface area contributed by atoms with E-state index in [2.05, 4.69) is 10.3 Å². The number of aromatic nitrogens is 1. The van der Waals surface area contributed by atoms with E-state index in [0.29, 0.717) is 11.4 Å². The molecule has 3 rings (SSSR count). The Hall–Kier alpha value is -1.24. The lowest BCUT2D eigenvalue weighted by molar-refractivity contribution is 0.569. The van der Waals surface area contributed by atoms with Crippen LogP contribution in [0.1, 0.15) is 16.5 Å². The zero-order chi connectivity index (χ0) is 12.6. The Morgan fingerprint density at radius 1 is 1.39 bits per heavy atom. The summed E-state index contributed by atoms with van der Waals surface area (Å²) in [7, 11) is -3.12. The first-order valence-electron chi connectivity index (χ1n) is 5.59. The van der Waals surface area contributed by atoms with Gasteiger partial charge in [-0.2, -0.15) is 0 Å². The van der Waals surface area contributed by atoms with Gasteiger partial charge in [0.1, 0.15) is 0 Å². The third-order valence-corrected chi connectivity index (χ3v) is 5.62. The van der Waals surface area contributed by atoms with E-state index in [-0.39, 0.29) is 11.8 Å². The van der Waals surface area contributed by atoms with E-state index in [1.54, 1.807) is 35.2 Å². The molecule has 1 aromatic heterocycles. The first kappa shape index (κ1) is 11.8. The van der Waals surface area contributed by atoms with Gasteiger partial charge in [0.2, 0.25) is 0 Å². The van der Waals surface area contributed by atoms with Crippen LogP contribution in [0.25, 0.3) is 0 Å². The standard InChI is InChI=1S/C12H12N2O2S2/c15-18(16)7-11(10-3-1-2-4-12(10)18)14-6-9-5-13-8-17-9/h1-5,8,11,14H,6-7H2. The van der Waals surface area contributed by atoms with Gasteiger partial charge >= 0.3 is 0 Å². The summed E-state index contributed by atoms with van der Waals surface area (Å²) in [5.74, 6) is 0.144. The summed E-state index contributed by atoms with van der Waals surface area (Å²) in [4.78, 5) is 5.57. The Labute approximate surface area is 110 Å². The summed E-state index contributed by atoms with van der Waals surface area (Å²) in [6.07, 6.45) is 1.80. The monoisotopic (exact) mass is 280 g/mol. The third-order valence-electron chi connectivity index (χ3n) is 3.02. The van der Waals surface area contributed by atoms with Crippen LogP contribution in [0, 0.1) is 0 Å². The number of hydrogen-bond donors (Lipinski definition) is 1. The lowest BCUT2D eigenvalue weighted by atomic mass is 10.1. The molecule has 1 aliphatic heterocycles. The van der Waals surface area contributed by atoms with Gasteiger partial charge in [-0.15, -0.1) is 11.3 Å². The first-order valence-corrected chi connectivity index (χ1v) is 8.12. The number of rotatable bonds is 3. The van der Waals surface area contributed by atoms with Crippen molar-refractivity contribution in [2.45, 2.75) is 17.5 Å². The van der Waals surface area contributed by atoms with E-state index in [9.17, 15) is 8.42 Å². The second-order valence-electron chi connectivity index (χ2n) is 4.22. The predicted octanol–water partition coefficient (Wildman–Crippen LogP) is 1.76. The van der Waals surface area contributed by atoms with Crippen LogP contribution in [-0.4, -0.2) is 19.2 Å². The van der Waals surface area contributed by atoms with Gasteiger partial charge in [0.05, 0.1) is 16.2 Å².